The molecule has 0 N–H and O–H groups in total. The number of imidazole rings is 1. The van der Waals surface area contributed by atoms with Gasteiger partial charge in [-0.2, -0.15) is 0 Å². The Bertz CT molecular complexity index is 837. The summed E-state index contributed by atoms with van der Waals surface area (Å²) in [5, 5.41) is 0. The molecule has 4 rings (SSSR count). The highest BCUT2D eigenvalue weighted by atomic mass is 16.5. The quantitative estimate of drug-likeness (QED) is 0.707. The van der Waals surface area contributed by atoms with Crippen molar-refractivity contribution in [2.45, 2.75) is 6.54 Å². The number of amides is 1. The minimum absolute atomic E-state index is 0.0428. The van der Waals surface area contributed by atoms with Crippen molar-refractivity contribution in [3.63, 3.8) is 0 Å². The number of hydrogen-bond donors (Lipinski definition) is 0. The lowest BCUT2D eigenvalue weighted by molar-refractivity contribution is -0.135. The van der Waals surface area contributed by atoms with E-state index < -0.39 is 0 Å². The molecular formula is C20H22N4O2. The number of benzene rings is 1. The Labute approximate surface area is 152 Å². The number of nitrogens with zero attached hydrogens (tertiary/aromatic N) is 4. The predicted octanol–water partition coefficient (Wildman–Crippen LogP) is 2.06. The number of carbonyl (C=O) groups is 1. The van der Waals surface area contributed by atoms with Gasteiger partial charge in [0.15, 0.2) is 6.61 Å². The van der Waals surface area contributed by atoms with Crippen molar-refractivity contribution in [1.82, 2.24) is 19.2 Å². The molecular weight excluding hydrogens is 328 g/mol. The van der Waals surface area contributed by atoms with E-state index in [2.05, 4.69) is 16.1 Å². The fraction of sp³-hybridized carbons (Fsp3) is 0.300. The third-order valence-electron chi connectivity index (χ3n) is 4.63. The smallest absolute Gasteiger partial charge is 0.260 e. The maximum absolute atomic E-state index is 12.3. The second-order valence-corrected chi connectivity index (χ2v) is 6.46. The highest BCUT2D eigenvalue weighted by molar-refractivity contribution is 5.77. The van der Waals surface area contributed by atoms with Gasteiger partial charge in [-0.3, -0.25) is 9.69 Å². The van der Waals surface area contributed by atoms with Crippen LogP contribution in [-0.4, -0.2) is 57.9 Å². The highest BCUT2D eigenvalue weighted by Gasteiger charge is 2.22. The molecule has 3 aromatic rings. The summed E-state index contributed by atoms with van der Waals surface area (Å²) in [6, 6.07) is 15.5. The first kappa shape index (κ1) is 16.6. The molecule has 1 saturated heterocycles. The number of fused-ring (bicyclic) bond motifs is 1. The monoisotopic (exact) mass is 350 g/mol. The molecule has 1 aliphatic rings. The van der Waals surface area contributed by atoms with E-state index >= 15 is 0 Å². The molecule has 0 radical (unpaired) electrons. The summed E-state index contributed by atoms with van der Waals surface area (Å²) < 4.78 is 7.60. The Morgan fingerprint density at radius 2 is 1.77 bits per heavy atom. The van der Waals surface area contributed by atoms with E-state index in [-0.39, 0.29) is 12.5 Å². The summed E-state index contributed by atoms with van der Waals surface area (Å²) in [7, 11) is 0. The average molecular weight is 350 g/mol. The standard InChI is InChI=1S/C20H22N4O2/c25-20(16-26-18-6-2-1-3-7-18)23-12-10-22(11-13-23)14-17-15-24-9-5-4-8-19(24)21-17/h1-9,15H,10-14,16H2. The zero-order valence-electron chi connectivity index (χ0n) is 14.6. The molecule has 134 valence electrons. The first-order chi connectivity index (χ1) is 12.8. The molecule has 6 heteroatoms. The van der Waals surface area contributed by atoms with E-state index in [1.54, 1.807) is 0 Å². The van der Waals surface area contributed by atoms with Crippen LogP contribution in [0, 0.1) is 0 Å². The molecule has 0 atom stereocenters. The number of aromatic nitrogens is 2. The molecule has 2 aromatic heterocycles. The van der Waals surface area contributed by atoms with Gasteiger partial charge < -0.3 is 14.0 Å². The number of carbonyl (C=O) groups excluding carboxylic acids is 1. The summed E-state index contributed by atoms with van der Waals surface area (Å²) in [4.78, 5) is 21.2. The van der Waals surface area contributed by atoms with Crippen LogP contribution in [-0.2, 0) is 11.3 Å². The minimum atomic E-state index is 0.0428. The van der Waals surface area contributed by atoms with Gasteiger partial charge in [0.05, 0.1) is 5.69 Å². The molecule has 1 aliphatic heterocycles. The SMILES string of the molecule is O=C(COc1ccccc1)N1CCN(Cc2cn3ccccc3n2)CC1. The van der Waals surface area contributed by atoms with Crippen molar-refractivity contribution in [3.8, 4) is 5.75 Å². The van der Waals surface area contributed by atoms with Crippen LogP contribution in [0.5, 0.6) is 5.75 Å². The summed E-state index contributed by atoms with van der Waals surface area (Å²) in [5.41, 5.74) is 2.03. The van der Waals surface area contributed by atoms with Crippen molar-refractivity contribution in [3.05, 3.63) is 66.6 Å². The maximum atomic E-state index is 12.3. The topological polar surface area (TPSA) is 50.1 Å². The van der Waals surface area contributed by atoms with Gasteiger partial charge in [-0.05, 0) is 24.3 Å². The van der Waals surface area contributed by atoms with E-state index in [0.29, 0.717) is 0 Å². The predicted molar refractivity (Wildman–Crippen MR) is 99.0 cm³/mol. The van der Waals surface area contributed by atoms with Crippen molar-refractivity contribution < 1.29 is 9.53 Å². The van der Waals surface area contributed by atoms with Crippen LogP contribution in [0.2, 0.25) is 0 Å². The molecule has 0 unspecified atom stereocenters. The zero-order valence-corrected chi connectivity index (χ0v) is 14.6. The van der Waals surface area contributed by atoms with Crippen molar-refractivity contribution in [1.29, 1.82) is 0 Å². The molecule has 6 nitrogen and oxygen atoms in total. The average Bonchev–Trinajstić information content (AvgIpc) is 3.10. The highest BCUT2D eigenvalue weighted by Crippen LogP contribution is 2.11. The molecule has 26 heavy (non-hydrogen) atoms. The van der Waals surface area contributed by atoms with Crippen LogP contribution in [0.1, 0.15) is 5.69 Å². The van der Waals surface area contributed by atoms with E-state index in [0.717, 1.165) is 49.8 Å². The lowest BCUT2D eigenvalue weighted by Crippen LogP contribution is -2.49. The van der Waals surface area contributed by atoms with Gasteiger partial charge in [-0.15, -0.1) is 0 Å². The van der Waals surface area contributed by atoms with Crippen LogP contribution in [0.15, 0.2) is 60.9 Å². The van der Waals surface area contributed by atoms with Gasteiger partial charge in [0, 0.05) is 45.1 Å². The first-order valence-electron chi connectivity index (χ1n) is 8.88. The number of piperazine rings is 1. The first-order valence-corrected chi connectivity index (χ1v) is 8.88. The van der Waals surface area contributed by atoms with E-state index in [4.69, 9.17) is 4.74 Å². The fourth-order valence-electron chi connectivity index (χ4n) is 3.20. The molecule has 1 fully saturated rings. The van der Waals surface area contributed by atoms with Crippen LogP contribution in [0.3, 0.4) is 0 Å². The Kier molecular flexibility index (Phi) is 4.84. The van der Waals surface area contributed by atoms with Gasteiger partial charge in [0.1, 0.15) is 11.4 Å². The largest absolute Gasteiger partial charge is 0.484 e. The molecule has 3 heterocycles. The van der Waals surface area contributed by atoms with E-state index in [9.17, 15) is 4.79 Å². The number of ether oxygens (including phenoxy) is 1. The van der Waals surface area contributed by atoms with E-state index in [1.165, 1.54) is 0 Å². The van der Waals surface area contributed by atoms with Crippen LogP contribution >= 0.6 is 0 Å². The molecule has 0 saturated carbocycles. The third kappa shape index (κ3) is 3.86. The van der Waals surface area contributed by atoms with Gasteiger partial charge in [-0.25, -0.2) is 4.98 Å². The van der Waals surface area contributed by atoms with Crippen LogP contribution in [0.4, 0.5) is 0 Å². The molecule has 0 aliphatic carbocycles. The normalized spacial score (nSPS) is 15.3. The number of para-hydroxylation sites is 1. The molecule has 0 bridgehead atoms. The van der Waals surface area contributed by atoms with Crippen LogP contribution in [0.25, 0.3) is 5.65 Å². The Hall–Kier alpha value is -2.86. The number of hydrogen-bond acceptors (Lipinski definition) is 4. The lowest BCUT2D eigenvalue weighted by Gasteiger charge is -2.34. The van der Waals surface area contributed by atoms with Crippen molar-refractivity contribution in [2.75, 3.05) is 32.8 Å². The minimum Gasteiger partial charge on any atom is -0.484 e. The van der Waals surface area contributed by atoms with Gasteiger partial charge in [0.25, 0.3) is 5.91 Å². The second kappa shape index (κ2) is 7.58. The van der Waals surface area contributed by atoms with Gasteiger partial charge in [-0.1, -0.05) is 24.3 Å². The number of pyridine rings is 1. The summed E-state index contributed by atoms with van der Waals surface area (Å²) >= 11 is 0. The van der Waals surface area contributed by atoms with Crippen LogP contribution < -0.4 is 4.74 Å². The molecule has 1 aromatic carbocycles. The second-order valence-electron chi connectivity index (χ2n) is 6.46. The fourth-order valence-corrected chi connectivity index (χ4v) is 3.20. The summed E-state index contributed by atoms with van der Waals surface area (Å²) in [6.07, 6.45) is 4.08. The summed E-state index contributed by atoms with van der Waals surface area (Å²) in [5.74, 6) is 0.771. The van der Waals surface area contributed by atoms with Crippen molar-refractivity contribution in [2.24, 2.45) is 0 Å². The number of rotatable bonds is 5. The van der Waals surface area contributed by atoms with E-state index in [1.807, 2.05) is 64.0 Å². The summed E-state index contributed by atoms with van der Waals surface area (Å²) in [6.45, 7) is 4.06. The Morgan fingerprint density at radius 1 is 1.00 bits per heavy atom. The maximum Gasteiger partial charge on any atom is 0.260 e. The third-order valence-corrected chi connectivity index (χ3v) is 4.63. The van der Waals surface area contributed by atoms with Crippen molar-refractivity contribution >= 4 is 11.6 Å². The Balaban J connectivity index is 1.26. The van der Waals surface area contributed by atoms with Gasteiger partial charge >= 0.3 is 0 Å². The zero-order chi connectivity index (χ0) is 17.8. The molecule has 0 spiro atoms. The lowest BCUT2D eigenvalue weighted by atomic mass is 10.3. The Morgan fingerprint density at radius 3 is 2.54 bits per heavy atom. The molecule has 1 amide bonds. The van der Waals surface area contributed by atoms with Gasteiger partial charge in [0.2, 0.25) is 0 Å².